The van der Waals surface area contributed by atoms with Crippen molar-refractivity contribution in [3.8, 4) is 10.7 Å². The monoisotopic (exact) mass is 275 g/mol. The van der Waals surface area contributed by atoms with E-state index < -0.39 is 0 Å². The van der Waals surface area contributed by atoms with Gasteiger partial charge in [-0.15, -0.1) is 11.3 Å². The second-order valence-corrected chi connectivity index (χ2v) is 5.89. The molecule has 19 heavy (non-hydrogen) atoms. The molecule has 1 unspecified atom stereocenters. The molecule has 1 N–H and O–H groups in total. The molecule has 0 aromatic carbocycles. The van der Waals surface area contributed by atoms with Crippen molar-refractivity contribution in [1.29, 1.82) is 0 Å². The Balaban J connectivity index is 2.25. The van der Waals surface area contributed by atoms with E-state index in [1.807, 2.05) is 12.3 Å². The molecular weight excluding hydrogens is 254 g/mol. The van der Waals surface area contributed by atoms with Crippen molar-refractivity contribution in [3.63, 3.8) is 0 Å². The van der Waals surface area contributed by atoms with Crippen molar-refractivity contribution in [2.45, 2.75) is 40.2 Å². The van der Waals surface area contributed by atoms with Gasteiger partial charge in [-0.1, -0.05) is 6.92 Å². The molecule has 0 fully saturated rings. The summed E-state index contributed by atoms with van der Waals surface area (Å²) in [6, 6.07) is 4.46. The Morgan fingerprint density at radius 2 is 2.16 bits per heavy atom. The van der Waals surface area contributed by atoms with E-state index in [-0.39, 0.29) is 0 Å². The van der Waals surface area contributed by atoms with E-state index in [2.05, 4.69) is 49.0 Å². The van der Waals surface area contributed by atoms with Crippen LogP contribution in [-0.2, 0) is 0 Å². The van der Waals surface area contributed by atoms with Gasteiger partial charge in [0.25, 0.3) is 0 Å². The molecule has 2 rings (SSSR count). The molecule has 0 radical (unpaired) electrons. The van der Waals surface area contributed by atoms with Gasteiger partial charge in [0.2, 0.25) is 0 Å². The summed E-state index contributed by atoms with van der Waals surface area (Å²) >= 11 is 1.74. The molecule has 0 aliphatic carbocycles. The third kappa shape index (κ3) is 3.39. The van der Waals surface area contributed by atoms with E-state index in [1.54, 1.807) is 11.3 Å². The average molecular weight is 275 g/mol. The summed E-state index contributed by atoms with van der Waals surface area (Å²) in [5, 5.41) is 4.53. The van der Waals surface area contributed by atoms with Gasteiger partial charge in [0.15, 0.2) is 0 Å². The third-order valence-electron chi connectivity index (χ3n) is 3.06. The number of nitrogens with zero attached hydrogens (tertiary/aromatic N) is 2. The highest BCUT2D eigenvalue weighted by Crippen LogP contribution is 2.30. The van der Waals surface area contributed by atoms with Crippen LogP contribution in [0.25, 0.3) is 10.7 Å². The molecule has 102 valence electrons. The van der Waals surface area contributed by atoms with Crippen LogP contribution in [0.1, 0.15) is 42.4 Å². The van der Waals surface area contributed by atoms with E-state index in [0.717, 1.165) is 29.4 Å². The zero-order chi connectivity index (χ0) is 13.8. The summed E-state index contributed by atoms with van der Waals surface area (Å²) in [7, 11) is 0. The number of hydrogen-bond acceptors (Lipinski definition) is 4. The summed E-state index contributed by atoms with van der Waals surface area (Å²) in [5.41, 5.74) is 3.30. The Hall–Kier alpha value is -1.26. The lowest BCUT2D eigenvalue weighted by Gasteiger charge is -2.11. The molecule has 1 atom stereocenters. The van der Waals surface area contributed by atoms with E-state index in [0.29, 0.717) is 6.04 Å². The maximum absolute atomic E-state index is 4.67. The second kappa shape index (κ2) is 6.26. The fraction of sp³-hybridized carbons (Fsp3) is 0.467. The Morgan fingerprint density at radius 1 is 1.37 bits per heavy atom. The molecular formula is C15H21N3S. The Labute approximate surface area is 119 Å². The van der Waals surface area contributed by atoms with Gasteiger partial charge in [-0.05, 0) is 51.4 Å². The first kappa shape index (κ1) is 14.2. The number of aromatic nitrogens is 2. The molecule has 4 heteroatoms. The van der Waals surface area contributed by atoms with Crippen molar-refractivity contribution in [2.75, 3.05) is 6.54 Å². The summed E-state index contributed by atoms with van der Waals surface area (Å²) in [5.74, 6) is 0. The lowest BCUT2D eigenvalue weighted by molar-refractivity contribution is 0.575. The average Bonchev–Trinajstić information content (AvgIpc) is 2.78. The minimum absolute atomic E-state index is 0.357. The maximum atomic E-state index is 4.67. The van der Waals surface area contributed by atoms with Crippen LogP contribution >= 0.6 is 11.3 Å². The van der Waals surface area contributed by atoms with Gasteiger partial charge >= 0.3 is 0 Å². The van der Waals surface area contributed by atoms with Crippen LogP contribution in [0.2, 0.25) is 0 Å². The van der Waals surface area contributed by atoms with Crippen LogP contribution in [0.3, 0.4) is 0 Å². The highest BCUT2D eigenvalue weighted by Gasteiger charge is 2.15. The standard InChI is InChI=1S/C15H21N3S/c1-5-7-16-11(3)14-12(4)18-15(19-14)13-9-10(2)6-8-17-13/h6,8-9,11,16H,5,7H2,1-4H3. The summed E-state index contributed by atoms with van der Waals surface area (Å²) in [6.45, 7) is 9.58. The predicted molar refractivity (Wildman–Crippen MR) is 81.5 cm³/mol. The van der Waals surface area contributed by atoms with Crippen LogP contribution < -0.4 is 5.32 Å². The van der Waals surface area contributed by atoms with Crippen molar-refractivity contribution in [2.24, 2.45) is 0 Å². The summed E-state index contributed by atoms with van der Waals surface area (Å²) in [4.78, 5) is 10.4. The highest BCUT2D eigenvalue weighted by molar-refractivity contribution is 7.15. The predicted octanol–water partition coefficient (Wildman–Crippen LogP) is 3.88. The van der Waals surface area contributed by atoms with Crippen LogP contribution in [0, 0.1) is 13.8 Å². The SMILES string of the molecule is CCCNC(C)c1sc(-c2cc(C)ccn2)nc1C. The maximum Gasteiger partial charge on any atom is 0.142 e. The van der Waals surface area contributed by atoms with Gasteiger partial charge < -0.3 is 5.32 Å². The van der Waals surface area contributed by atoms with E-state index in [9.17, 15) is 0 Å². The number of hydrogen-bond donors (Lipinski definition) is 1. The van der Waals surface area contributed by atoms with Crippen LogP contribution in [0.5, 0.6) is 0 Å². The highest BCUT2D eigenvalue weighted by atomic mass is 32.1. The molecule has 0 aliphatic heterocycles. The Kier molecular flexibility index (Phi) is 4.66. The van der Waals surface area contributed by atoms with Crippen molar-refractivity contribution in [3.05, 3.63) is 34.5 Å². The molecule has 0 spiro atoms. The number of pyridine rings is 1. The second-order valence-electron chi connectivity index (χ2n) is 4.86. The third-order valence-corrected chi connectivity index (χ3v) is 4.42. The molecule has 0 saturated heterocycles. The van der Waals surface area contributed by atoms with Crippen LogP contribution in [-0.4, -0.2) is 16.5 Å². The van der Waals surface area contributed by atoms with Gasteiger partial charge in [-0.2, -0.15) is 0 Å². The minimum Gasteiger partial charge on any atom is -0.309 e. The van der Waals surface area contributed by atoms with Gasteiger partial charge in [-0.3, -0.25) is 4.98 Å². The topological polar surface area (TPSA) is 37.8 Å². The van der Waals surface area contributed by atoms with E-state index in [1.165, 1.54) is 10.4 Å². The van der Waals surface area contributed by atoms with Crippen LogP contribution in [0.15, 0.2) is 18.3 Å². The number of nitrogens with one attached hydrogen (secondary N) is 1. The van der Waals surface area contributed by atoms with Crippen LogP contribution in [0.4, 0.5) is 0 Å². The number of aryl methyl sites for hydroxylation is 2. The largest absolute Gasteiger partial charge is 0.309 e. The molecule has 0 saturated carbocycles. The van der Waals surface area contributed by atoms with E-state index >= 15 is 0 Å². The lowest BCUT2D eigenvalue weighted by atomic mass is 10.2. The minimum atomic E-state index is 0.357. The first-order chi connectivity index (χ1) is 9.11. The Bertz CT molecular complexity index is 548. The first-order valence-corrected chi connectivity index (χ1v) is 7.57. The zero-order valence-electron chi connectivity index (χ0n) is 12.0. The van der Waals surface area contributed by atoms with Crippen molar-refractivity contribution in [1.82, 2.24) is 15.3 Å². The first-order valence-electron chi connectivity index (χ1n) is 6.75. The molecule has 2 aromatic heterocycles. The van der Waals surface area contributed by atoms with Gasteiger partial charge in [0.1, 0.15) is 5.01 Å². The quantitative estimate of drug-likeness (QED) is 0.899. The van der Waals surface area contributed by atoms with Gasteiger partial charge in [-0.25, -0.2) is 4.98 Å². The summed E-state index contributed by atoms with van der Waals surface area (Å²) < 4.78 is 0. The Morgan fingerprint density at radius 3 is 2.84 bits per heavy atom. The summed E-state index contributed by atoms with van der Waals surface area (Å²) in [6.07, 6.45) is 2.99. The van der Waals surface area contributed by atoms with Gasteiger partial charge in [0, 0.05) is 17.1 Å². The zero-order valence-corrected chi connectivity index (χ0v) is 12.8. The molecule has 0 bridgehead atoms. The van der Waals surface area contributed by atoms with E-state index in [4.69, 9.17) is 0 Å². The number of thiazole rings is 1. The molecule has 3 nitrogen and oxygen atoms in total. The number of rotatable bonds is 5. The van der Waals surface area contributed by atoms with Crippen molar-refractivity contribution < 1.29 is 0 Å². The fourth-order valence-corrected chi connectivity index (χ4v) is 3.09. The normalized spacial score (nSPS) is 12.6. The molecule has 0 aliphatic rings. The molecule has 2 heterocycles. The lowest BCUT2D eigenvalue weighted by Crippen LogP contribution is -2.18. The molecule has 2 aromatic rings. The van der Waals surface area contributed by atoms with Crippen molar-refractivity contribution >= 4 is 11.3 Å². The molecule has 0 amide bonds. The fourth-order valence-electron chi connectivity index (χ4n) is 2.03. The smallest absolute Gasteiger partial charge is 0.142 e. The van der Waals surface area contributed by atoms with Gasteiger partial charge in [0.05, 0.1) is 11.4 Å².